The lowest BCUT2D eigenvalue weighted by molar-refractivity contribution is -0.127. The summed E-state index contributed by atoms with van der Waals surface area (Å²) in [6, 6.07) is 10.6. The predicted octanol–water partition coefficient (Wildman–Crippen LogP) is 5.78. The summed E-state index contributed by atoms with van der Waals surface area (Å²) in [5.41, 5.74) is 3.66. The van der Waals surface area contributed by atoms with Crippen molar-refractivity contribution < 1.29 is 4.79 Å². The number of nitrogens with zero attached hydrogens (tertiary/aromatic N) is 4. The fourth-order valence-electron chi connectivity index (χ4n) is 6.58. The largest absolute Gasteiger partial charge is 0.332 e. The Balaban J connectivity index is 1.17. The van der Waals surface area contributed by atoms with Crippen molar-refractivity contribution in [1.29, 1.82) is 0 Å². The number of carbonyl (C=O) groups is 1. The van der Waals surface area contributed by atoms with Gasteiger partial charge in [-0.3, -0.25) is 9.69 Å². The van der Waals surface area contributed by atoms with Gasteiger partial charge in [0.25, 0.3) is 0 Å². The Morgan fingerprint density at radius 3 is 2.00 bits per heavy atom. The van der Waals surface area contributed by atoms with E-state index in [-0.39, 0.29) is 5.92 Å². The monoisotopic (exact) mass is 474 g/mol. The molecule has 3 aliphatic rings. The Morgan fingerprint density at radius 1 is 0.857 bits per heavy atom. The van der Waals surface area contributed by atoms with Crippen LogP contribution in [0.3, 0.4) is 0 Å². The number of piperazine rings is 1. The summed E-state index contributed by atoms with van der Waals surface area (Å²) < 4.78 is 0. The highest BCUT2D eigenvalue weighted by Crippen LogP contribution is 2.35. The number of ketones is 1. The van der Waals surface area contributed by atoms with Crippen LogP contribution in [0.5, 0.6) is 0 Å². The van der Waals surface area contributed by atoms with Gasteiger partial charge < -0.3 is 4.90 Å². The molecular formula is C30H42N4O. The van der Waals surface area contributed by atoms with Crippen molar-refractivity contribution in [3.8, 4) is 11.1 Å². The Labute approximate surface area is 211 Å². The quantitative estimate of drug-likeness (QED) is 0.509. The van der Waals surface area contributed by atoms with E-state index in [1.807, 2.05) is 26.2 Å². The van der Waals surface area contributed by atoms with Crippen LogP contribution in [0.15, 0.2) is 36.7 Å². The van der Waals surface area contributed by atoms with Gasteiger partial charge in [-0.15, -0.1) is 0 Å². The number of fused-ring (bicyclic) bond motifs is 2. The molecule has 2 atom stereocenters. The molecule has 0 spiro atoms. The molecule has 0 N–H and O–H groups in total. The minimum atomic E-state index is 0.173. The van der Waals surface area contributed by atoms with Gasteiger partial charge in [-0.05, 0) is 75.8 Å². The Morgan fingerprint density at radius 2 is 1.46 bits per heavy atom. The first-order valence-electron chi connectivity index (χ1n) is 13.9. The summed E-state index contributed by atoms with van der Waals surface area (Å²) in [5.74, 6) is 2.53. The number of carbonyl (C=O) groups excluding carboxylic acids is 1. The van der Waals surface area contributed by atoms with E-state index in [4.69, 9.17) is 9.97 Å². The second kappa shape index (κ2) is 10.4. The molecule has 2 saturated heterocycles. The summed E-state index contributed by atoms with van der Waals surface area (Å²) >= 11 is 0. The Bertz CT molecular complexity index is 978. The van der Waals surface area contributed by atoms with Gasteiger partial charge in [0.1, 0.15) is 5.78 Å². The SMILES string of the molecule is CC(C)C(=O)[C@H]1CC[C@H](Cc2ccc(-c3cnc(N4C5CCC4CN(C(C)C)C5)nc3)cc2)CC1. The van der Waals surface area contributed by atoms with E-state index < -0.39 is 0 Å². The van der Waals surface area contributed by atoms with Crippen LogP contribution in [-0.4, -0.2) is 51.9 Å². The third-order valence-electron chi connectivity index (χ3n) is 8.74. The predicted molar refractivity (Wildman–Crippen MR) is 142 cm³/mol. The number of Topliss-reactive ketones (excluding diaryl/α,β-unsaturated/α-hetero) is 1. The zero-order valence-electron chi connectivity index (χ0n) is 22.0. The fourth-order valence-corrected chi connectivity index (χ4v) is 6.58. The molecule has 2 aliphatic heterocycles. The van der Waals surface area contributed by atoms with Crippen LogP contribution < -0.4 is 4.90 Å². The zero-order valence-corrected chi connectivity index (χ0v) is 22.0. The summed E-state index contributed by atoms with van der Waals surface area (Å²) in [6.07, 6.45) is 12.1. The highest BCUT2D eigenvalue weighted by atomic mass is 16.1. The molecule has 2 aromatic rings. The highest BCUT2D eigenvalue weighted by molar-refractivity contribution is 5.82. The first kappa shape index (κ1) is 24.4. The third-order valence-corrected chi connectivity index (χ3v) is 8.74. The molecule has 3 fully saturated rings. The van der Waals surface area contributed by atoms with Gasteiger partial charge in [-0.1, -0.05) is 38.1 Å². The maximum atomic E-state index is 12.3. The standard InChI is InChI=1S/C30H42N4O/c1-20(2)29(35)25-11-7-23(8-12-25)15-22-5-9-24(10-6-22)26-16-31-30(32-17-26)34-27-13-14-28(34)19-33(18-27)21(3)4/h5-6,9-10,16-17,20-21,23,25,27-28H,7-8,11-15,18-19H2,1-4H3/t23-,25-,27?,28?. The van der Waals surface area contributed by atoms with Crippen LogP contribution in [-0.2, 0) is 11.2 Å². The molecule has 35 heavy (non-hydrogen) atoms. The van der Waals surface area contributed by atoms with Crippen molar-refractivity contribution in [3.63, 3.8) is 0 Å². The van der Waals surface area contributed by atoms with Gasteiger partial charge in [0.05, 0.1) is 0 Å². The molecule has 5 nitrogen and oxygen atoms in total. The van der Waals surface area contributed by atoms with Crippen LogP contribution in [0.25, 0.3) is 11.1 Å². The van der Waals surface area contributed by atoms with Crippen molar-refractivity contribution in [2.45, 2.75) is 90.8 Å². The second-order valence-electron chi connectivity index (χ2n) is 11.8. The summed E-state index contributed by atoms with van der Waals surface area (Å²) in [5, 5.41) is 0. The number of hydrogen-bond acceptors (Lipinski definition) is 5. The molecule has 3 heterocycles. The number of hydrogen-bond donors (Lipinski definition) is 0. The third kappa shape index (κ3) is 5.30. The van der Waals surface area contributed by atoms with Gasteiger partial charge in [0, 0.05) is 61.0 Å². The molecule has 188 valence electrons. The van der Waals surface area contributed by atoms with Crippen LogP contribution in [0, 0.1) is 17.8 Å². The van der Waals surface area contributed by atoms with Crippen LogP contribution in [0.4, 0.5) is 5.95 Å². The van der Waals surface area contributed by atoms with Gasteiger partial charge >= 0.3 is 0 Å². The first-order chi connectivity index (χ1) is 16.9. The van der Waals surface area contributed by atoms with Crippen molar-refractivity contribution in [2.24, 2.45) is 17.8 Å². The Kier molecular flexibility index (Phi) is 7.24. The fraction of sp³-hybridized carbons (Fsp3) is 0.633. The maximum Gasteiger partial charge on any atom is 0.225 e. The molecular weight excluding hydrogens is 432 g/mol. The van der Waals surface area contributed by atoms with E-state index in [1.54, 1.807) is 0 Å². The summed E-state index contributed by atoms with van der Waals surface area (Å²) in [7, 11) is 0. The number of aromatic nitrogens is 2. The van der Waals surface area contributed by atoms with Crippen molar-refractivity contribution in [3.05, 3.63) is 42.2 Å². The van der Waals surface area contributed by atoms with Gasteiger partial charge in [-0.25, -0.2) is 9.97 Å². The van der Waals surface area contributed by atoms with Crippen molar-refractivity contribution >= 4 is 11.7 Å². The van der Waals surface area contributed by atoms with E-state index in [0.717, 1.165) is 43.9 Å². The highest BCUT2D eigenvalue weighted by Gasteiger charge is 2.41. The smallest absolute Gasteiger partial charge is 0.225 e. The molecule has 1 aromatic carbocycles. The molecule has 0 amide bonds. The number of benzene rings is 1. The first-order valence-corrected chi connectivity index (χ1v) is 13.9. The van der Waals surface area contributed by atoms with E-state index in [9.17, 15) is 4.79 Å². The average Bonchev–Trinajstić information content (AvgIpc) is 3.13. The minimum Gasteiger partial charge on any atom is -0.332 e. The topological polar surface area (TPSA) is 49.3 Å². The average molecular weight is 475 g/mol. The van der Waals surface area contributed by atoms with E-state index in [0.29, 0.717) is 35.7 Å². The molecule has 5 heteroatoms. The lowest BCUT2D eigenvalue weighted by atomic mass is 9.76. The molecule has 2 unspecified atom stereocenters. The van der Waals surface area contributed by atoms with Crippen LogP contribution in [0.1, 0.15) is 71.8 Å². The molecule has 2 bridgehead atoms. The van der Waals surface area contributed by atoms with E-state index in [2.05, 4.69) is 47.9 Å². The number of anilines is 1. The number of rotatable bonds is 7. The minimum absolute atomic E-state index is 0.173. The number of likely N-dealkylation sites (tertiary alicyclic amines) is 1. The lowest BCUT2D eigenvalue weighted by Crippen LogP contribution is -2.56. The van der Waals surface area contributed by atoms with Crippen LogP contribution >= 0.6 is 0 Å². The summed E-state index contributed by atoms with van der Waals surface area (Å²) in [4.78, 5) is 27.0. The maximum absolute atomic E-state index is 12.3. The molecule has 5 rings (SSSR count). The van der Waals surface area contributed by atoms with Crippen molar-refractivity contribution in [1.82, 2.24) is 14.9 Å². The zero-order chi connectivity index (χ0) is 24.5. The summed E-state index contributed by atoms with van der Waals surface area (Å²) in [6.45, 7) is 10.9. The van der Waals surface area contributed by atoms with Crippen molar-refractivity contribution in [2.75, 3.05) is 18.0 Å². The second-order valence-corrected chi connectivity index (χ2v) is 11.8. The lowest BCUT2D eigenvalue weighted by Gasteiger charge is -2.42. The Hall–Kier alpha value is -2.27. The van der Waals surface area contributed by atoms with E-state index in [1.165, 1.54) is 36.8 Å². The van der Waals surface area contributed by atoms with Gasteiger partial charge in [0.15, 0.2) is 0 Å². The van der Waals surface area contributed by atoms with Crippen LogP contribution in [0.2, 0.25) is 0 Å². The normalized spacial score (nSPS) is 27.1. The molecule has 1 saturated carbocycles. The molecule has 1 aromatic heterocycles. The van der Waals surface area contributed by atoms with Gasteiger partial charge in [0.2, 0.25) is 5.95 Å². The molecule has 1 aliphatic carbocycles. The molecule has 0 radical (unpaired) electrons. The van der Waals surface area contributed by atoms with E-state index >= 15 is 0 Å². The van der Waals surface area contributed by atoms with Gasteiger partial charge in [-0.2, -0.15) is 0 Å².